The van der Waals surface area contributed by atoms with Crippen molar-refractivity contribution in [3.05, 3.63) is 82.3 Å². The Hall–Kier alpha value is -3.87. The number of pyridine rings is 1. The molecule has 0 spiro atoms. The summed E-state index contributed by atoms with van der Waals surface area (Å²) in [4.78, 5) is 43.9. The SMILES string of the molecule is COC(=O)[C@@H](Cc1c[nH]c2ccccc12)NC(=O)c1c[nH]c2ccccc2c1=O. The van der Waals surface area contributed by atoms with E-state index in [-0.39, 0.29) is 12.0 Å². The van der Waals surface area contributed by atoms with Crippen LogP contribution in [-0.4, -0.2) is 35.0 Å². The number of esters is 1. The van der Waals surface area contributed by atoms with Crippen molar-refractivity contribution in [3.63, 3.8) is 0 Å². The molecule has 4 aromatic rings. The summed E-state index contributed by atoms with van der Waals surface area (Å²) in [5.74, 6) is -1.21. The summed E-state index contributed by atoms with van der Waals surface area (Å²) in [5, 5.41) is 4.01. The van der Waals surface area contributed by atoms with Gasteiger partial charge in [-0.3, -0.25) is 9.59 Å². The van der Waals surface area contributed by atoms with Crippen molar-refractivity contribution in [2.75, 3.05) is 7.11 Å². The van der Waals surface area contributed by atoms with Crippen molar-refractivity contribution in [2.24, 2.45) is 0 Å². The highest BCUT2D eigenvalue weighted by atomic mass is 16.5. The van der Waals surface area contributed by atoms with Gasteiger partial charge in [0.2, 0.25) is 5.43 Å². The molecule has 2 heterocycles. The van der Waals surface area contributed by atoms with Crippen molar-refractivity contribution < 1.29 is 14.3 Å². The van der Waals surface area contributed by atoms with E-state index in [0.717, 1.165) is 16.5 Å². The lowest BCUT2D eigenvalue weighted by Crippen LogP contribution is -2.44. The Morgan fingerprint density at radius 2 is 1.59 bits per heavy atom. The standard InChI is InChI=1S/C22H19N3O4/c1-29-22(28)19(10-13-11-23-17-8-4-2-6-14(13)17)25-21(27)16-12-24-18-9-5-3-7-15(18)20(16)26/h2-9,11-12,19,23H,10H2,1H3,(H,24,26)(H,25,27)/t19-/m1/s1. The minimum atomic E-state index is -0.933. The van der Waals surface area contributed by atoms with Gasteiger partial charge in [0, 0.05) is 40.6 Å². The summed E-state index contributed by atoms with van der Waals surface area (Å²) < 4.78 is 4.86. The maximum atomic E-state index is 12.8. The molecule has 4 rings (SSSR count). The van der Waals surface area contributed by atoms with E-state index in [1.54, 1.807) is 30.5 Å². The topological polar surface area (TPSA) is 104 Å². The Kier molecular flexibility index (Phi) is 4.87. The Morgan fingerprint density at radius 3 is 2.31 bits per heavy atom. The van der Waals surface area contributed by atoms with Gasteiger partial charge in [0.05, 0.1) is 7.11 Å². The second-order valence-electron chi connectivity index (χ2n) is 6.69. The molecule has 0 unspecified atom stereocenters. The zero-order valence-electron chi connectivity index (χ0n) is 15.7. The van der Waals surface area contributed by atoms with Crippen molar-refractivity contribution in [1.29, 1.82) is 0 Å². The van der Waals surface area contributed by atoms with Gasteiger partial charge in [-0.2, -0.15) is 0 Å². The summed E-state index contributed by atoms with van der Waals surface area (Å²) in [6.07, 6.45) is 3.39. The summed E-state index contributed by atoms with van der Waals surface area (Å²) in [6, 6.07) is 13.7. The number of benzene rings is 2. The van der Waals surface area contributed by atoms with Crippen molar-refractivity contribution in [1.82, 2.24) is 15.3 Å². The van der Waals surface area contributed by atoms with Crippen molar-refractivity contribution >= 4 is 33.7 Å². The van der Waals surface area contributed by atoms with Crippen molar-refractivity contribution in [2.45, 2.75) is 12.5 Å². The first-order valence-electron chi connectivity index (χ1n) is 9.12. The molecule has 7 nitrogen and oxygen atoms in total. The molecule has 2 aromatic heterocycles. The summed E-state index contributed by atoms with van der Waals surface area (Å²) in [7, 11) is 1.26. The maximum Gasteiger partial charge on any atom is 0.328 e. The Labute approximate surface area is 165 Å². The lowest BCUT2D eigenvalue weighted by atomic mass is 10.0. The number of hydrogen-bond donors (Lipinski definition) is 3. The minimum Gasteiger partial charge on any atom is -0.467 e. The number of methoxy groups -OCH3 is 1. The van der Waals surface area contributed by atoms with E-state index in [4.69, 9.17) is 4.74 Å². The van der Waals surface area contributed by atoms with Gasteiger partial charge in [0.15, 0.2) is 0 Å². The van der Waals surface area contributed by atoms with E-state index in [1.165, 1.54) is 13.3 Å². The van der Waals surface area contributed by atoms with Crippen LogP contribution in [0.5, 0.6) is 0 Å². The molecule has 3 N–H and O–H groups in total. The molecule has 0 saturated carbocycles. The van der Waals surface area contributed by atoms with Crippen LogP contribution in [0.25, 0.3) is 21.8 Å². The van der Waals surface area contributed by atoms with E-state index in [0.29, 0.717) is 10.9 Å². The third kappa shape index (κ3) is 3.50. The molecule has 2 aromatic carbocycles. The van der Waals surface area contributed by atoms with E-state index >= 15 is 0 Å². The van der Waals surface area contributed by atoms with E-state index < -0.39 is 23.3 Å². The maximum absolute atomic E-state index is 12.8. The molecular formula is C22H19N3O4. The quantitative estimate of drug-likeness (QED) is 0.456. The Balaban J connectivity index is 1.63. The van der Waals surface area contributed by atoms with Crippen LogP contribution in [0.2, 0.25) is 0 Å². The highest BCUT2D eigenvalue weighted by Crippen LogP contribution is 2.19. The van der Waals surface area contributed by atoms with Crippen LogP contribution in [0.15, 0.2) is 65.7 Å². The van der Waals surface area contributed by atoms with Crippen LogP contribution in [-0.2, 0) is 16.0 Å². The number of carbonyl (C=O) groups excluding carboxylic acids is 2. The third-order valence-corrected chi connectivity index (χ3v) is 4.92. The molecular weight excluding hydrogens is 370 g/mol. The van der Waals surface area contributed by atoms with Gasteiger partial charge >= 0.3 is 5.97 Å². The number of amides is 1. The van der Waals surface area contributed by atoms with Gasteiger partial charge in [-0.05, 0) is 23.8 Å². The predicted molar refractivity (Wildman–Crippen MR) is 110 cm³/mol. The fraction of sp³-hybridized carbons (Fsp3) is 0.136. The van der Waals surface area contributed by atoms with Crippen LogP contribution in [0.1, 0.15) is 15.9 Å². The van der Waals surface area contributed by atoms with Gasteiger partial charge in [0.1, 0.15) is 11.6 Å². The van der Waals surface area contributed by atoms with E-state index in [1.807, 2.05) is 24.3 Å². The largest absolute Gasteiger partial charge is 0.467 e. The second kappa shape index (κ2) is 7.63. The zero-order valence-corrected chi connectivity index (χ0v) is 15.7. The second-order valence-corrected chi connectivity index (χ2v) is 6.69. The van der Waals surface area contributed by atoms with Crippen LogP contribution in [0, 0.1) is 0 Å². The molecule has 29 heavy (non-hydrogen) atoms. The summed E-state index contributed by atoms with van der Waals surface area (Å²) in [6.45, 7) is 0. The number of hydrogen-bond acceptors (Lipinski definition) is 4. The highest BCUT2D eigenvalue weighted by molar-refractivity contribution is 5.99. The van der Waals surface area contributed by atoms with Crippen LogP contribution in [0.3, 0.4) is 0 Å². The zero-order chi connectivity index (χ0) is 20.4. The van der Waals surface area contributed by atoms with E-state index in [9.17, 15) is 14.4 Å². The number of rotatable bonds is 5. The molecule has 0 aliphatic heterocycles. The minimum absolute atomic E-state index is 0.0588. The lowest BCUT2D eigenvalue weighted by molar-refractivity contribution is -0.142. The average Bonchev–Trinajstić information content (AvgIpc) is 3.16. The lowest BCUT2D eigenvalue weighted by Gasteiger charge is -2.16. The number of para-hydroxylation sites is 2. The van der Waals surface area contributed by atoms with Gasteiger partial charge in [-0.1, -0.05) is 30.3 Å². The normalized spacial score (nSPS) is 12.0. The molecule has 0 fully saturated rings. The van der Waals surface area contributed by atoms with Crippen LogP contribution < -0.4 is 10.7 Å². The summed E-state index contributed by atoms with van der Waals surface area (Å²) in [5.41, 5.74) is 1.98. The smallest absolute Gasteiger partial charge is 0.328 e. The van der Waals surface area contributed by atoms with Crippen LogP contribution >= 0.6 is 0 Å². The van der Waals surface area contributed by atoms with Crippen LogP contribution in [0.4, 0.5) is 0 Å². The molecule has 0 bridgehead atoms. The highest BCUT2D eigenvalue weighted by Gasteiger charge is 2.25. The average molecular weight is 389 g/mol. The van der Waals surface area contributed by atoms with E-state index in [2.05, 4.69) is 15.3 Å². The number of carbonyl (C=O) groups is 2. The number of aromatic amines is 2. The molecule has 0 radical (unpaired) electrons. The third-order valence-electron chi connectivity index (χ3n) is 4.92. The number of fused-ring (bicyclic) bond motifs is 2. The first-order valence-corrected chi connectivity index (χ1v) is 9.12. The molecule has 146 valence electrons. The number of ether oxygens (including phenoxy) is 1. The number of aromatic nitrogens is 2. The van der Waals surface area contributed by atoms with Gasteiger partial charge in [0.25, 0.3) is 5.91 Å². The molecule has 0 aliphatic rings. The van der Waals surface area contributed by atoms with Gasteiger partial charge < -0.3 is 20.0 Å². The number of H-pyrrole nitrogens is 2. The monoisotopic (exact) mass is 389 g/mol. The first kappa shape index (κ1) is 18.5. The Morgan fingerprint density at radius 1 is 0.966 bits per heavy atom. The fourth-order valence-corrected chi connectivity index (χ4v) is 3.43. The Bertz CT molecular complexity index is 1270. The molecule has 0 saturated heterocycles. The first-order chi connectivity index (χ1) is 14.1. The molecule has 1 amide bonds. The fourth-order valence-electron chi connectivity index (χ4n) is 3.43. The molecule has 7 heteroatoms. The number of nitrogens with one attached hydrogen (secondary N) is 3. The van der Waals surface area contributed by atoms with Gasteiger partial charge in [-0.15, -0.1) is 0 Å². The predicted octanol–water partition coefficient (Wildman–Crippen LogP) is 2.52. The molecule has 1 atom stereocenters. The molecule has 0 aliphatic carbocycles. The summed E-state index contributed by atoms with van der Waals surface area (Å²) >= 11 is 0. The van der Waals surface area contributed by atoms with Gasteiger partial charge in [-0.25, -0.2) is 4.79 Å². The van der Waals surface area contributed by atoms with Crippen molar-refractivity contribution in [3.8, 4) is 0 Å².